The van der Waals surface area contributed by atoms with Crippen LogP contribution in [0.25, 0.3) is 77.9 Å². The van der Waals surface area contributed by atoms with Gasteiger partial charge >= 0.3 is 0 Å². The topological polar surface area (TPSA) is 0 Å². The summed E-state index contributed by atoms with van der Waals surface area (Å²) in [6.45, 7) is 0. The van der Waals surface area contributed by atoms with Gasteiger partial charge in [-0.3, -0.25) is 0 Å². The van der Waals surface area contributed by atoms with E-state index in [1.54, 1.807) is 0 Å². The molecule has 3 aliphatic carbocycles. The second-order valence-corrected chi connectivity index (χ2v) is 13.1. The third-order valence-corrected chi connectivity index (χ3v) is 10.6. The quantitative estimate of drug-likeness (QED) is 0.190. The summed E-state index contributed by atoms with van der Waals surface area (Å²) in [5.74, 6) is 0.444. The lowest BCUT2D eigenvalue weighted by atomic mass is 9.89. The number of fused-ring (bicyclic) bond motifs is 6. The highest BCUT2D eigenvalue weighted by Gasteiger charge is 2.24. The zero-order chi connectivity index (χ0) is 30.2. The molecule has 0 nitrogen and oxygen atoms in total. The van der Waals surface area contributed by atoms with Gasteiger partial charge in [0.2, 0.25) is 0 Å². The van der Waals surface area contributed by atoms with E-state index in [-0.39, 0.29) is 0 Å². The van der Waals surface area contributed by atoms with Crippen LogP contribution in [0.15, 0.2) is 140 Å². The number of hydrogen-bond donors (Lipinski definition) is 0. The fourth-order valence-corrected chi connectivity index (χ4v) is 8.29. The molecule has 0 heterocycles. The highest BCUT2D eigenvalue weighted by molar-refractivity contribution is 6.19. The first-order chi connectivity index (χ1) is 22.8. The minimum absolute atomic E-state index is 0.444. The summed E-state index contributed by atoms with van der Waals surface area (Å²) in [7, 11) is 0. The normalized spacial score (nSPS) is 17.4. The van der Waals surface area contributed by atoms with Crippen molar-refractivity contribution in [2.45, 2.75) is 25.2 Å². The average molecular weight is 585 g/mol. The van der Waals surface area contributed by atoms with Crippen molar-refractivity contribution in [3.63, 3.8) is 0 Å². The maximum atomic E-state index is 2.47. The first-order valence-corrected chi connectivity index (χ1v) is 16.6. The summed E-state index contributed by atoms with van der Waals surface area (Å²) >= 11 is 0. The number of rotatable bonds is 2. The predicted molar refractivity (Wildman–Crippen MR) is 196 cm³/mol. The fraction of sp³-hybridized carbons (Fsp3) is 0.0870. The van der Waals surface area contributed by atoms with Crippen LogP contribution >= 0.6 is 0 Å². The van der Waals surface area contributed by atoms with Gasteiger partial charge < -0.3 is 0 Å². The van der Waals surface area contributed by atoms with Crippen molar-refractivity contribution in [3.05, 3.63) is 167 Å². The summed E-state index contributed by atoms with van der Waals surface area (Å²) in [6, 6.07) is 43.9. The summed E-state index contributed by atoms with van der Waals surface area (Å²) in [4.78, 5) is 0. The van der Waals surface area contributed by atoms with Crippen molar-refractivity contribution < 1.29 is 0 Å². The van der Waals surface area contributed by atoms with Gasteiger partial charge in [-0.2, -0.15) is 0 Å². The first kappa shape index (κ1) is 25.8. The van der Waals surface area contributed by atoms with Crippen LogP contribution in [0, 0.1) is 0 Å². The Kier molecular flexibility index (Phi) is 5.63. The second kappa shape index (κ2) is 10.0. The Morgan fingerprint density at radius 2 is 1.17 bits per heavy atom. The van der Waals surface area contributed by atoms with Crippen LogP contribution in [0.2, 0.25) is 0 Å². The molecule has 0 saturated carbocycles. The highest BCUT2D eigenvalue weighted by Crippen LogP contribution is 2.50. The molecule has 10 rings (SSSR count). The number of allylic oxidation sites excluding steroid dienone is 4. The summed E-state index contributed by atoms with van der Waals surface area (Å²) < 4.78 is 0. The van der Waals surface area contributed by atoms with E-state index < -0.39 is 0 Å². The van der Waals surface area contributed by atoms with E-state index in [1.807, 2.05) is 0 Å². The van der Waals surface area contributed by atoms with Crippen molar-refractivity contribution in [1.29, 1.82) is 0 Å². The first-order valence-electron chi connectivity index (χ1n) is 16.6. The van der Waals surface area contributed by atoms with Crippen molar-refractivity contribution in [1.82, 2.24) is 0 Å². The minimum Gasteiger partial charge on any atom is -0.0836 e. The van der Waals surface area contributed by atoms with Gasteiger partial charge in [-0.25, -0.2) is 0 Å². The molecule has 46 heavy (non-hydrogen) atoms. The molecular formula is C46H32. The second-order valence-electron chi connectivity index (χ2n) is 13.1. The van der Waals surface area contributed by atoms with Gasteiger partial charge in [0.15, 0.2) is 0 Å². The van der Waals surface area contributed by atoms with Crippen LogP contribution in [0.5, 0.6) is 0 Å². The monoisotopic (exact) mass is 584 g/mol. The van der Waals surface area contributed by atoms with Crippen LogP contribution in [0.4, 0.5) is 0 Å². The van der Waals surface area contributed by atoms with E-state index in [4.69, 9.17) is 0 Å². The SMILES string of the molecule is C1=CCC(c2cccc(-c3cccc4cc5/c(cc34)=C\Cc3ccc4c6c(ccc(c36)C\C=5)-c3cc5ccccc5cc3-4)c2)C=C1. The Balaban J connectivity index is 1.12. The maximum Gasteiger partial charge on any atom is 0.00559 e. The Morgan fingerprint density at radius 1 is 0.478 bits per heavy atom. The van der Waals surface area contributed by atoms with Gasteiger partial charge in [-0.1, -0.05) is 127 Å². The van der Waals surface area contributed by atoms with Gasteiger partial charge in [0, 0.05) is 5.92 Å². The molecule has 0 bridgehead atoms. The highest BCUT2D eigenvalue weighted by atomic mass is 14.3. The van der Waals surface area contributed by atoms with E-state index >= 15 is 0 Å². The Hall–Kier alpha value is -5.46. The molecule has 0 amide bonds. The Morgan fingerprint density at radius 3 is 1.89 bits per heavy atom. The maximum absolute atomic E-state index is 2.47. The molecule has 0 radical (unpaired) electrons. The lowest BCUT2D eigenvalue weighted by Gasteiger charge is -2.15. The summed E-state index contributed by atoms with van der Waals surface area (Å²) in [5.41, 5.74) is 12.3. The largest absolute Gasteiger partial charge is 0.0836 e. The number of benzene rings is 7. The molecule has 0 aromatic heterocycles. The third-order valence-electron chi connectivity index (χ3n) is 10.6. The van der Waals surface area contributed by atoms with Crippen LogP contribution in [-0.4, -0.2) is 0 Å². The minimum atomic E-state index is 0.444. The standard InChI is InChI=1S/C46H32/c1-2-8-29(9-3-1)32-12-6-13-37(24-32)39-15-7-14-38-25-35-18-16-30-20-22-40-43-27-33-10-4-5-11-34(33)28-44(43)41-23-21-31(45(30)46(40)41)17-19-36(35)26-42(38)39/h1-8,10-15,18-29H,9,16-17H2/b35-18-,36-19-. The van der Waals surface area contributed by atoms with Gasteiger partial charge in [0.05, 0.1) is 0 Å². The lowest BCUT2D eigenvalue weighted by molar-refractivity contribution is 0.854. The van der Waals surface area contributed by atoms with Gasteiger partial charge in [-0.05, 0) is 136 Å². The van der Waals surface area contributed by atoms with E-state index in [0.717, 1.165) is 19.3 Å². The van der Waals surface area contributed by atoms with Crippen LogP contribution in [0.3, 0.4) is 0 Å². The number of hydrogen-bond acceptors (Lipinski definition) is 0. The van der Waals surface area contributed by atoms with E-state index in [1.165, 1.54) is 92.8 Å². The zero-order valence-electron chi connectivity index (χ0n) is 25.6. The van der Waals surface area contributed by atoms with Gasteiger partial charge in [-0.15, -0.1) is 0 Å². The Labute approximate surface area is 269 Å². The lowest BCUT2D eigenvalue weighted by Crippen LogP contribution is -2.24. The zero-order valence-corrected chi connectivity index (χ0v) is 25.6. The van der Waals surface area contributed by atoms with Crippen molar-refractivity contribution in [3.8, 4) is 33.4 Å². The molecule has 0 spiro atoms. The molecular weight excluding hydrogens is 553 g/mol. The molecule has 0 fully saturated rings. The molecule has 216 valence electrons. The summed E-state index contributed by atoms with van der Waals surface area (Å²) in [5, 5.41) is 10.8. The predicted octanol–water partition coefficient (Wildman–Crippen LogP) is 10.4. The third kappa shape index (κ3) is 3.93. The molecule has 0 heteroatoms. The molecule has 7 aromatic carbocycles. The molecule has 1 unspecified atom stereocenters. The van der Waals surface area contributed by atoms with Crippen LogP contribution in [0.1, 0.15) is 29.0 Å². The van der Waals surface area contributed by atoms with Gasteiger partial charge in [0.25, 0.3) is 0 Å². The van der Waals surface area contributed by atoms with Crippen molar-refractivity contribution in [2.75, 3.05) is 0 Å². The van der Waals surface area contributed by atoms with Crippen molar-refractivity contribution >= 4 is 44.5 Å². The van der Waals surface area contributed by atoms with E-state index in [0.29, 0.717) is 5.92 Å². The van der Waals surface area contributed by atoms with Crippen molar-refractivity contribution in [2.24, 2.45) is 0 Å². The molecule has 0 N–H and O–H groups in total. The molecule has 1 atom stereocenters. The molecule has 3 aliphatic rings. The summed E-state index contributed by atoms with van der Waals surface area (Å²) in [6.07, 6.45) is 16.7. The molecule has 7 aromatic rings. The molecule has 0 aliphatic heterocycles. The van der Waals surface area contributed by atoms with Crippen LogP contribution in [-0.2, 0) is 12.8 Å². The Bertz CT molecular complexity index is 2560. The smallest absolute Gasteiger partial charge is 0.00559 e. The average Bonchev–Trinajstić information content (AvgIpc) is 3.45. The fourth-order valence-electron chi connectivity index (χ4n) is 8.29. The van der Waals surface area contributed by atoms with Crippen LogP contribution < -0.4 is 10.4 Å². The van der Waals surface area contributed by atoms with E-state index in [9.17, 15) is 0 Å². The van der Waals surface area contributed by atoms with Gasteiger partial charge in [0.1, 0.15) is 0 Å². The van der Waals surface area contributed by atoms with E-state index in [2.05, 4.69) is 152 Å². The molecule has 0 saturated heterocycles.